The molecule has 0 unspecified atom stereocenters. The summed E-state index contributed by atoms with van der Waals surface area (Å²) in [6, 6.07) is 9.00. The van der Waals surface area contributed by atoms with Crippen LogP contribution in [0.25, 0.3) is 11.1 Å². The van der Waals surface area contributed by atoms with E-state index in [9.17, 15) is 8.78 Å². The standard InChI is InChI=1S/C13H7Cl3F2/c14-8-2-4-11(15)10(6-8)9-3-1-7(13(17)18)5-12(9)16/h1-6,13H. The molecule has 2 rings (SSSR count). The Bertz CT molecular complexity index is 582. The summed E-state index contributed by atoms with van der Waals surface area (Å²) in [4.78, 5) is 0. The smallest absolute Gasteiger partial charge is 0.205 e. The molecule has 5 heteroatoms. The number of hydrogen-bond acceptors (Lipinski definition) is 0. The fraction of sp³-hybridized carbons (Fsp3) is 0.0769. The van der Waals surface area contributed by atoms with Gasteiger partial charge in [0, 0.05) is 31.8 Å². The van der Waals surface area contributed by atoms with E-state index in [4.69, 9.17) is 34.8 Å². The predicted molar refractivity (Wildman–Crippen MR) is 71.9 cm³/mol. The first-order valence-corrected chi connectivity index (χ1v) is 6.15. The van der Waals surface area contributed by atoms with Crippen molar-refractivity contribution >= 4 is 34.8 Å². The number of hydrogen-bond donors (Lipinski definition) is 0. The monoisotopic (exact) mass is 306 g/mol. The van der Waals surface area contributed by atoms with Gasteiger partial charge in [0.05, 0.1) is 0 Å². The molecule has 0 saturated carbocycles. The van der Waals surface area contributed by atoms with Gasteiger partial charge in [0.2, 0.25) is 0 Å². The molecule has 0 saturated heterocycles. The molecule has 18 heavy (non-hydrogen) atoms. The van der Waals surface area contributed by atoms with Gasteiger partial charge in [0.25, 0.3) is 6.43 Å². The topological polar surface area (TPSA) is 0 Å². The van der Waals surface area contributed by atoms with Crippen molar-refractivity contribution in [3.63, 3.8) is 0 Å². The van der Waals surface area contributed by atoms with Gasteiger partial charge < -0.3 is 0 Å². The molecule has 0 radical (unpaired) electrons. The van der Waals surface area contributed by atoms with Crippen molar-refractivity contribution in [1.82, 2.24) is 0 Å². The summed E-state index contributed by atoms with van der Waals surface area (Å²) in [5.41, 5.74) is 1.07. The average molecular weight is 308 g/mol. The van der Waals surface area contributed by atoms with Crippen LogP contribution in [0.1, 0.15) is 12.0 Å². The molecular formula is C13H7Cl3F2. The number of halogens is 5. The van der Waals surface area contributed by atoms with Crippen molar-refractivity contribution in [3.8, 4) is 11.1 Å². The van der Waals surface area contributed by atoms with Crippen molar-refractivity contribution in [2.75, 3.05) is 0 Å². The predicted octanol–water partition coefficient (Wildman–Crippen LogP) is 6.25. The van der Waals surface area contributed by atoms with E-state index < -0.39 is 6.43 Å². The number of alkyl halides is 2. The fourth-order valence-corrected chi connectivity index (χ4v) is 2.27. The van der Waals surface area contributed by atoms with E-state index in [-0.39, 0.29) is 10.6 Å². The molecule has 2 aromatic rings. The third-order valence-corrected chi connectivity index (χ3v) is 3.34. The van der Waals surface area contributed by atoms with E-state index in [2.05, 4.69) is 0 Å². The second kappa shape index (κ2) is 5.43. The van der Waals surface area contributed by atoms with Crippen molar-refractivity contribution in [2.45, 2.75) is 6.43 Å². The highest BCUT2D eigenvalue weighted by Crippen LogP contribution is 2.36. The molecule has 0 N–H and O–H groups in total. The largest absolute Gasteiger partial charge is 0.263 e. The Kier molecular flexibility index (Phi) is 4.10. The Morgan fingerprint density at radius 1 is 0.778 bits per heavy atom. The third-order valence-electron chi connectivity index (χ3n) is 2.46. The summed E-state index contributed by atoms with van der Waals surface area (Å²) in [5.74, 6) is 0. The average Bonchev–Trinajstić information content (AvgIpc) is 2.32. The van der Waals surface area contributed by atoms with Crippen molar-refractivity contribution in [3.05, 3.63) is 57.0 Å². The van der Waals surface area contributed by atoms with Gasteiger partial charge in [-0.2, -0.15) is 0 Å². The molecule has 0 atom stereocenters. The molecule has 2 aromatic carbocycles. The first-order valence-electron chi connectivity index (χ1n) is 5.02. The van der Waals surface area contributed by atoms with E-state index in [1.54, 1.807) is 18.2 Å². The van der Waals surface area contributed by atoms with Gasteiger partial charge in [0.15, 0.2) is 0 Å². The van der Waals surface area contributed by atoms with Gasteiger partial charge in [-0.3, -0.25) is 0 Å². The molecule has 0 aliphatic rings. The van der Waals surface area contributed by atoms with Gasteiger partial charge in [-0.1, -0.05) is 46.9 Å². The lowest BCUT2D eigenvalue weighted by atomic mass is 10.0. The molecule has 94 valence electrons. The Morgan fingerprint density at radius 2 is 1.50 bits per heavy atom. The van der Waals surface area contributed by atoms with Crippen LogP contribution in [0.5, 0.6) is 0 Å². The van der Waals surface area contributed by atoms with E-state index >= 15 is 0 Å². The lowest BCUT2D eigenvalue weighted by Gasteiger charge is -2.09. The van der Waals surface area contributed by atoms with E-state index in [0.29, 0.717) is 21.2 Å². The Hall–Kier alpha value is -0.830. The summed E-state index contributed by atoms with van der Waals surface area (Å²) >= 11 is 17.9. The first-order chi connectivity index (χ1) is 8.49. The minimum Gasteiger partial charge on any atom is -0.205 e. The van der Waals surface area contributed by atoms with Gasteiger partial charge in [0.1, 0.15) is 0 Å². The van der Waals surface area contributed by atoms with Crippen LogP contribution in [-0.4, -0.2) is 0 Å². The third kappa shape index (κ3) is 2.77. The minimum atomic E-state index is -2.55. The number of benzene rings is 2. The van der Waals surface area contributed by atoms with Crippen LogP contribution in [0, 0.1) is 0 Å². The zero-order valence-electron chi connectivity index (χ0n) is 8.93. The van der Waals surface area contributed by atoms with Crippen LogP contribution < -0.4 is 0 Å². The van der Waals surface area contributed by atoms with Gasteiger partial charge in [-0.25, -0.2) is 8.78 Å². The highest BCUT2D eigenvalue weighted by atomic mass is 35.5. The Balaban J connectivity index is 2.54. The normalized spacial score (nSPS) is 11.0. The van der Waals surface area contributed by atoms with Gasteiger partial charge in [-0.05, 0) is 24.3 Å². The number of rotatable bonds is 2. The molecule has 0 amide bonds. The van der Waals surface area contributed by atoms with E-state index in [1.165, 1.54) is 18.2 Å². The van der Waals surface area contributed by atoms with Crippen LogP contribution in [-0.2, 0) is 0 Å². The molecular weight excluding hydrogens is 300 g/mol. The summed E-state index contributed by atoms with van der Waals surface area (Å²) in [5, 5.41) is 1.19. The van der Waals surface area contributed by atoms with Crippen molar-refractivity contribution in [1.29, 1.82) is 0 Å². The second-order valence-electron chi connectivity index (χ2n) is 3.66. The molecule has 0 aromatic heterocycles. The first kappa shape index (κ1) is 13.6. The van der Waals surface area contributed by atoms with Crippen molar-refractivity contribution in [2.24, 2.45) is 0 Å². The highest BCUT2D eigenvalue weighted by Gasteiger charge is 2.12. The molecule has 0 bridgehead atoms. The summed E-state index contributed by atoms with van der Waals surface area (Å²) in [7, 11) is 0. The Morgan fingerprint density at radius 3 is 2.11 bits per heavy atom. The summed E-state index contributed by atoms with van der Waals surface area (Å²) in [6.45, 7) is 0. The zero-order valence-corrected chi connectivity index (χ0v) is 11.2. The minimum absolute atomic E-state index is 0.123. The van der Waals surface area contributed by atoms with Crippen molar-refractivity contribution < 1.29 is 8.78 Å². The van der Waals surface area contributed by atoms with E-state index in [1.807, 2.05) is 0 Å². The fourth-order valence-electron chi connectivity index (χ4n) is 1.59. The Labute approximate surface area is 118 Å². The lowest BCUT2D eigenvalue weighted by molar-refractivity contribution is 0.151. The van der Waals surface area contributed by atoms with Crippen LogP contribution in [0.15, 0.2) is 36.4 Å². The second-order valence-corrected chi connectivity index (χ2v) is 4.91. The van der Waals surface area contributed by atoms with Crippen LogP contribution in [0.4, 0.5) is 8.78 Å². The lowest BCUT2D eigenvalue weighted by Crippen LogP contribution is -1.87. The quantitative estimate of drug-likeness (QED) is 0.615. The maximum absolute atomic E-state index is 12.5. The van der Waals surface area contributed by atoms with Crippen LogP contribution >= 0.6 is 34.8 Å². The van der Waals surface area contributed by atoms with Gasteiger partial charge in [-0.15, -0.1) is 0 Å². The molecule has 0 aliphatic carbocycles. The molecule has 0 spiro atoms. The molecule has 0 fully saturated rings. The van der Waals surface area contributed by atoms with Gasteiger partial charge >= 0.3 is 0 Å². The van der Waals surface area contributed by atoms with Crippen LogP contribution in [0.2, 0.25) is 15.1 Å². The highest BCUT2D eigenvalue weighted by molar-refractivity contribution is 6.37. The summed E-state index contributed by atoms with van der Waals surface area (Å²) in [6.07, 6.45) is -2.55. The molecule has 0 aliphatic heterocycles. The summed E-state index contributed by atoms with van der Waals surface area (Å²) < 4.78 is 25.0. The maximum atomic E-state index is 12.5. The zero-order chi connectivity index (χ0) is 13.3. The van der Waals surface area contributed by atoms with E-state index in [0.717, 1.165) is 0 Å². The van der Waals surface area contributed by atoms with Crippen LogP contribution in [0.3, 0.4) is 0 Å². The SMILES string of the molecule is FC(F)c1ccc(-c2cc(Cl)ccc2Cl)c(Cl)c1. The maximum Gasteiger partial charge on any atom is 0.263 e. The molecule has 0 nitrogen and oxygen atoms in total. The molecule has 0 heterocycles.